The van der Waals surface area contributed by atoms with Crippen molar-refractivity contribution in [3.63, 3.8) is 0 Å². The first-order chi connectivity index (χ1) is 15.6. The van der Waals surface area contributed by atoms with Gasteiger partial charge < -0.3 is 19.6 Å². The molecule has 0 saturated carbocycles. The molecular weight excluding hydrogens is 411 g/mol. The number of hydrogen-bond acceptors (Lipinski definition) is 5. The molecule has 1 amide bonds. The fourth-order valence-electron chi connectivity index (χ4n) is 3.54. The molecule has 1 aliphatic rings. The van der Waals surface area contributed by atoms with Gasteiger partial charge in [-0.05, 0) is 47.5 Å². The maximum Gasteiger partial charge on any atom is 0.265 e. The number of methoxy groups -OCH3 is 2. The number of carbonyl (C=O) groups excluding carboxylic acids is 1. The van der Waals surface area contributed by atoms with Crippen molar-refractivity contribution in [2.24, 2.45) is 5.16 Å². The molecule has 0 aliphatic carbocycles. The predicted octanol–water partition coefficient (Wildman–Crippen LogP) is 4.24. The van der Waals surface area contributed by atoms with Gasteiger partial charge in [0.2, 0.25) is 6.10 Å². The van der Waals surface area contributed by atoms with Gasteiger partial charge in [0.15, 0.2) is 0 Å². The molecule has 3 aromatic carbocycles. The van der Waals surface area contributed by atoms with E-state index in [4.69, 9.17) is 14.3 Å². The summed E-state index contributed by atoms with van der Waals surface area (Å²) in [4.78, 5) is 18.4. The predicted molar refractivity (Wildman–Crippen MR) is 118 cm³/mol. The number of amides is 1. The van der Waals surface area contributed by atoms with Crippen LogP contribution in [0.5, 0.6) is 11.5 Å². The second-order valence-electron chi connectivity index (χ2n) is 7.33. The van der Waals surface area contributed by atoms with Gasteiger partial charge in [-0.1, -0.05) is 41.6 Å². The maximum absolute atomic E-state index is 13.5. The summed E-state index contributed by atoms with van der Waals surface area (Å²) in [5.74, 6) is 0.774. The lowest BCUT2D eigenvalue weighted by atomic mass is 9.97. The third-order valence-electron chi connectivity index (χ3n) is 5.30. The van der Waals surface area contributed by atoms with Crippen LogP contribution in [0.4, 0.5) is 4.39 Å². The van der Waals surface area contributed by atoms with E-state index in [9.17, 15) is 9.18 Å². The Morgan fingerprint density at radius 1 is 1.00 bits per heavy atom. The first kappa shape index (κ1) is 21.4. The Hall–Kier alpha value is -3.87. The molecular formula is C25H23FN2O4. The monoisotopic (exact) mass is 434 g/mol. The van der Waals surface area contributed by atoms with Gasteiger partial charge in [0.25, 0.3) is 5.91 Å². The second-order valence-corrected chi connectivity index (χ2v) is 7.33. The molecule has 7 heteroatoms. The zero-order chi connectivity index (χ0) is 22.5. The highest BCUT2D eigenvalue weighted by atomic mass is 19.1. The third kappa shape index (κ3) is 4.72. The Morgan fingerprint density at radius 3 is 2.12 bits per heavy atom. The molecule has 0 saturated heterocycles. The summed E-state index contributed by atoms with van der Waals surface area (Å²) < 4.78 is 24.0. The van der Waals surface area contributed by atoms with Crippen LogP contribution in [0.25, 0.3) is 0 Å². The zero-order valence-electron chi connectivity index (χ0n) is 17.7. The number of hydrogen-bond donors (Lipinski definition) is 1. The molecule has 1 unspecified atom stereocenters. The first-order valence-corrected chi connectivity index (χ1v) is 10.1. The molecule has 32 heavy (non-hydrogen) atoms. The Kier molecular flexibility index (Phi) is 6.35. The molecule has 6 nitrogen and oxygen atoms in total. The van der Waals surface area contributed by atoms with Crippen molar-refractivity contribution in [3.05, 3.63) is 95.3 Å². The largest absolute Gasteiger partial charge is 0.497 e. The van der Waals surface area contributed by atoms with Crippen LogP contribution >= 0.6 is 0 Å². The highest BCUT2D eigenvalue weighted by molar-refractivity contribution is 6.04. The Balaban J connectivity index is 1.53. The lowest BCUT2D eigenvalue weighted by molar-refractivity contribution is -0.131. The van der Waals surface area contributed by atoms with Crippen LogP contribution in [0, 0.1) is 5.82 Å². The van der Waals surface area contributed by atoms with Gasteiger partial charge in [-0.25, -0.2) is 4.39 Å². The second kappa shape index (κ2) is 9.51. The smallest absolute Gasteiger partial charge is 0.265 e. The number of nitrogens with one attached hydrogen (secondary N) is 1. The zero-order valence-corrected chi connectivity index (χ0v) is 17.7. The SMILES string of the molecule is COc1ccc(C(NC(=O)C2CC(c3cccc(F)c3)=NO2)c2ccc(OC)cc2)cc1. The standard InChI is InChI=1S/C25H23FN2O4/c1-30-20-10-6-16(7-11-20)24(17-8-12-21(31-2)13-9-17)27-25(29)23-15-22(28-32-23)18-4-3-5-19(26)14-18/h3-14,23-24H,15H2,1-2H3,(H,27,29). The van der Waals surface area contributed by atoms with Gasteiger partial charge >= 0.3 is 0 Å². The van der Waals surface area contributed by atoms with Crippen molar-refractivity contribution in [1.29, 1.82) is 0 Å². The fraction of sp³-hybridized carbons (Fsp3) is 0.200. The number of nitrogens with zero attached hydrogens (tertiary/aromatic N) is 1. The van der Waals surface area contributed by atoms with E-state index in [1.165, 1.54) is 12.1 Å². The van der Waals surface area contributed by atoms with Crippen molar-refractivity contribution in [3.8, 4) is 11.5 Å². The number of benzene rings is 3. The Morgan fingerprint density at radius 2 is 1.59 bits per heavy atom. The minimum Gasteiger partial charge on any atom is -0.497 e. The molecule has 1 N–H and O–H groups in total. The van der Waals surface area contributed by atoms with Crippen molar-refractivity contribution in [2.75, 3.05) is 14.2 Å². The van der Waals surface area contributed by atoms with E-state index in [1.807, 2.05) is 48.5 Å². The summed E-state index contributed by atoms with van der Waals surface area (Å²) >= 11 is 0. The topological polar surface area (TPSA) is 69.2 Å². The molecule has 0 bridgehead atoms. The molecule has 1 aliphatic heterocycles. The highest BCUT2D eigenvalue weighted by Gasteiger charge is 2.31. The fourth-order valence-corrected chi connectivity index (χ4v) is 3.54. The van der Waals surface area contributed by atoms with Gasteiger partial charge in [0.1, 0.15) is 17.3 Å². The lowest BCUT2D eigenvalue weighted by Crippen LogP contribution is -2.37. The Labute approximate surface area is 185 Å². The minimum atomic E-state index is -0.799. The van der Waals surface area contributed by atoms with E-state index in [2.05, 4.69) is 10.5 Å². The van der Waals surface area contributed by atoms with Crippen LogP contribution in [0.2, 0.25) is 0 Å². The van der Waals surface area contributed by atoms with Crippen molar-refractivity contribution in [2.45, 2.75) is 18.6 Å². The van der Waals surface area contributed by atoms with Crippen LogP contribution in [0.3, 0.4) is 0 Å². The van der Waals surface area contributed by atoms with Gasteiger partial charge in [-0.15, -0.1) is 0 Å². The maximum atomic E-state index is 13.5. The number of oxime groups is 1. The summed E-state index contributed by atoms with van der Waals surface area (Å²) in [6.45, 7) is 0. The van der Waals surface area contributed by atoms with Crippen molar-refractivity contribution >= 4 is 11.6 Å². The number of carbonyl (C=O) groups is 1. The van der Waals surface area contributed by atoms with Gasteiger partial charge in [0, 0.05) is 12.0 Å². The van der Waals surface area contributed by atoms with Gasteiger partial charge in [-0.2, -0.15) is 0 Å². The van der Waals surface area contributed by atoms with Crippen molar-refractivity contribution in [1.82, 2.24) is 5.32 Å². The number of ether oxygens (including phenoxy) is 2. The minimum absolute atomic E-state index is 0.257. The average Bonchev–Trinajstić information content (AvgIpc) is 3.33. The molecule has 4 rings (SSSR count). The molecule has 0 aromatic heterocycles. The van der Waals surface area contributed by atoms with E-state index < -0.39 is 12.1 Å². The van der Waals surface area contributed by atoms with Gasteiger partial charge in [0.05, 0.1) is 26.0 Å². The number of rotatable bonds is 7. The number of halogens is 1. The summed E-state index contributed by atoms with van der Waals surface area (Å²) in [6.07, 6.45) is -0.542. The normalized spacial score (nSPS) is 15.1. The van der Waals surface area contributed by atoms with Crippen LogP contribution in [-0.4, -0.2) is 31.9 Å². The highest BCUT2D eigenvalue weighted by Crippen LogP contribution is 2.27. The van der Waals surface area contributed by atoms with Crippen LogP contribution in [0.15, 0.2) is 78.0 Å². The third-order valence-corrected chi connectivity index (χ3v) is 5.30. The van der Waals surface area contributed by atoms with Gasteiger partial charge in [-0.3, -0.25) is 4.79 Å². The molecule has 0 spiro atoms. The molecule has 164 valence electrons. The van der Waals surface area contributed by atoms with E-state index >= 15 is 0 Å². The molecule has 0 radical (unpaired) electrons. The Bertz CT molecular complexity index is 1070. The van der Waals surface area contributed by atoms with Crippen molar-refractivity contribution < 1.29 is 23.5 Å². The summed E-state index contributed by atoms with van der Waals surface area (Å²) in [5.41, 5.74) is 2.90. The summed E-state index contributed by atoms with van der Waals surface area (Å²) in [7, 11) is 3.21. The quantitative estimate of drug-likeness (QED) is 0.604. The van der Waals surface area contributed by atoms with E-state index in [1.54, 1.807) is 26.4 Å². The summed E-state index contributed by atoms with van der Waals surface area (Å²) in [6, 6.07) is 20.6. The lowest BCUT2D eigenvalue weighted by Gasteiger charge is -2.22. The molecule has 1 heterocycles. The van der Waals surface area contributed by atoms with E-state index in [0.29, 0.717) is 11.3 Å². The first-order valence-electron chi connectivity index (χ1n) is 10.1. The van der Waals surface area contributed by atoms with Crippen LogP contribution in [-0.2, 0) is 9.63 Å². The van der Waals surface area contributed by atoms with Crippen LogP contribution in [0.1, 0.15) is 29.2 Å². The summed E-state index contributed by atoms with van der Waals surface area (Å²) in [5, 5.41) is 7.06. The van der Waals surface area contributed by atoms with Crippen LogP contribution < -0.4 is 14.8 Å². The average molecular weight is 434 g/mol. The molecule has 3 aromatic rings. The molecule has 1 atom stereocenters. The van der Waals surface area contributed by atoms with E-state index in [-0.39, 0.29) is 18.1 Å². The molecule has 0 fully saturated rings. The van der Waals surface area contributed by atoms with E-state index in [0.717, 1.165) is 22.6 Å².